The van der Waals surface area contributed by atoms with E-state index in [4.69, 9.17) is 9.47 Å². The van der Waals surface area contributed by atoms with E-state index in [2.05, 4.69) is 79.9 Å². The SMILES string of the molecule is CC/C=C\C/C=C\C/C=C\C/C=C\C/C=C\CCCCCCCCCCCCCC(=O)NC(COC1OC(CO)C(O)C(O)C1O)C(O)CCCCCC. The number of hydrogen-bond donors (Lipinski definition) is 6. The van der Waals surface area contributed by atoms with Crippen LogP contribution in [0.15, 0.2) is 60.8 Å². The van der Waals surface area contributed by atoms with Crippen LogP contribution in [0, 0.1) is 0 Å². The topological polar surface area (TPSA) is 149 Å². The van der Waals surface area contributed by atoms with E-state index in [0.29, 0.717) is 12.8 Å². The van der Waals surface area contributed by atoms with Gasteiger partial charge in [0.05, 0.1) is 25.4 Å². The average molecular weight is 762 g/mol. The highest BCUT2D eigenvalue weighted by Gasteiger charge is 2.44. The molecule has 0 aliphatic carbocycles. The summed E-state index contributed by atoms with van der Waals surface area (Å²) in [6.07, 6.45) is 38.7. The van der Waals surface area contributed by atoms with Gasteiger partial charge in [-0.05, 0) is 57.8 Å². The van der Waals surface area contributed by atoms with Crippen LogP contribution >= 0.6 is 0 Å². The fraction of sp³-hybridized carbons (Fsp3) is 0.756. The fourth-order valence-electron chi connectivity index (χ4n) is 6.42. The average Bonchev–Trinajstić information content (AvgIpc) is 3.17. The monoisotopic (exact) mass is 762 g/mol. The summed E-state index contributed by atoms with van der Waals surface area (Å²) in [7, 11) is 0. The van der Waals surface area contributed by atoms with E-state index in [9.17, 15) is 30.3 Å². The van der Waals surface area contributed by atoms with Crippen molar-refractivity contribution in [2.24, 2.45) is 0 Å². The van der Waals surface area contributed by atoms with Crippen LogP contribution in [0.4, 0.5) is 0 Å². The van der Waals surface area contributed by atoms with Crippen LogP contribution in [-0.4, -0.2) is 87.5 Å². The second-order valence-corrected chi connectivity index (χ2v) is 14.8. The predicted molar refractivity (Wildman–Crippen MR) is 221 cm³/mol. The number of hydrogen-bond acceptors (Lipinski definition) is 8. The molecule has 1 rings (SSSR count). The lowest BCUT2D eigenvalue weighted by molar-refractivity contribution is -0.302. The molecule has 6 N–H and O–H groups in total. The van der Waals surface area contributed by atoms with Crippen molar-refractivity contribution in [3.8, 4) is 0 Å². The molecule has 9 nitrogen and oxygen atoms in total. The Labute approximate surface area is 328 Å². The molecular weight excluding hydrogens is 682 g/mol. The van der Waals surface area contributed by atoms with Gasteiger partial charge in [-0.25, -0.2) is 0 Å². The number of rotatable bonds is 34. The maximum Gasteiger partial charge on any atom is 0.220 e. The smallest absolute Gasteiger partial charge is 0.220 e. The molecule has 1 aliphatic rings. The Kier molecular flexibility index (Phi) is 32.6. The van der Waals surface area contributed by atoms with Crippen molar-refractivity contribution in [1.82, 2.24) is 5.32 Å². The minimum atomic E-state index is -1.55. The number of amides is 1. The molecule has 0 bridgehead atoms. The Morgan fingerprint density at radius 2 is 1.15 bits per heavy atom. The van der Waals surface area contributed by atoms with E-state index in [-0.39, 0.29) is 12.5 Å². The van der Waals surface area contributed by atoms with E-state index in [1.165, 1.54) is 57.8 Å². The quantitative estimate of drug-likeness (QED) is 0.0283. The molecule has 0 spiro atoms. The number of carbonyl (C=O) groups excluding carboxylic acids is 1. The van der Waals surface area contributed by atoms with E-state index in [1.54, 1.807) is 0 Å². The highest BCUT2D eigenvalue weighted by molar-refractivity contribution is 5.76. The van der Waals surface area contributed by atoms with Gasteiger partial charge in [-0.3, -0.25) is 4.79 Å². The number of aliphatic hydroxyl groups excluding tert-OH is 5. The van der Waals surface area contributed by atoms with Crippen molar-refractivity contribution in [2.45, 2.75) is 204 Å². The van der Waals surface area contributed by atoms with Gasteiger partial charge in [-0.15, -0.1) is 0 Å². The van der Waals surface area contributed by atoms with Gasteiger partial charge >= 0.3 is 0 Å². The Morgan fingerprint density at radius 3 is 1.69 bits per heavy atom. The second kappa shape index (κ2) is 35.3. The molecule has 1 saturated heterocycles. The fourth-order valence-corrected chi connectivity index (χ4v) is 6.42. The van der Waals surface area contributed by atoms with Crippen LogP contribution in [0.2, 0.25) is 0 Å². The van der Waals surface area contributed by atoms with Gasteiger partial charge in [0.25, 0.3) is 0 Å². The molecule has 0 aromatic rings. The Hall–Kier alpha value is -2.11. The summed E-state index contributed by atoms with van der Waals surface area (Å²) in [4.78, 5) is 12.8. The predicted octanol–water partition coefficient (Wildman–Crippen LogP) is 8.44. The summed E-state index contributed by atoms with van der Waals surface area (Å²) >= 11 is 0. The molecule has 0 aromatic carbocycles. The standard InChI is InChI=1S/C45H79NO8/c1-3-5-7-9-10-11-12-13-14-15-16-17-18-19-20-21-22-23-24-25-26-27-28-29-30-31-33-35-41(49)46-38(39(48)34-32-8-6-4-2)37-53-45-44(52)43(51)42(50)40(36-47)54-45/h5,7,10-11,13-14,16-17,19-20,38-40,42-45,47-48,50-52H,3-4,6,8-9,12,15,18,21-37H2,1-2H3,(H,46,49)/b7-5-,11-10-,14-13-,17-16-,20-19-. The van der Waals surface area contributed by atoms with Gasteiger partial charge in [-0.2, -0.15) is 0 Å². The zero-order valence-electron chi connectivity index (χ0n) is 34.0. The van der Waals surface area contributed by atoms with Crippen molar-refractivity contribution >= 4 is 5.91 Å². The Morgan fingerprint density at radius 1 is 0.648 bits per heavy atom. The first-order chi connectivity index (χ1) is 26.3. The number of allylic oxidation sites excluding steroid dienone is 10. The number of carbonyl (C=O) groups is 1. The molecular formula is C45H79NO8. The molecule has 0 saturated carbocycles. The van der Waals surface area contributed by atoms with Gasteiger partial charge in [-0.1, -0.05) is 158 Å². The van der Waals surface area contributed by atoms with E-state index in [1.807, 2.05) is 0 Å². The Balaban J connectivity index is 2.12. The minimum Gasteiger partial charge on any atom is -0.394 e. The summed E-state index contributed by atoms with van der Waals surface area (Å²) in [5, 5.41) is 53.7. The summed E-state index contributed by atoms with van der Waals surface area (Å²) in [5.74, 6) is -0.161. The highest BCUT2D eigenvalue weighted by atomic mass is 16.7. The van der Waals surface area contributed by atoms with Gasteiger partial charge < -0.3 is 40.3 Å². The largest absolute Gasteiger partial charge is 0.394 e. The summed E-state index contributed by atoms with van der Waals surface area (Å²) in [6, 6.07) is -0.718. The lowest BCUT2D eigenvalue weighted by Gasteiger charge is -2.40. The zero-order valence-corrected chi connectivity index (χ0v) is 34.0. The number of unbranched alkanes of at least 4 members (excludes halogenated alkanes) is 14. The number of aliphatic hydroxyl groups is 5. The molecule has 9 heteroatoms. The van der Waals surface area contributed by atoms with Gasteiger partial charge in [0.2, 0.25) is 5.91 Å². The zero-order chi connectivity index (χ0) is 39.5. The molecule has 1 amide bonds. The van der Waals surface area contributed by atoms with Gasteiger partial charge in [0.15, 0.2) is 6.29 Å². The van der Waals surface area contributed by atoms with Crippen molar-refractivity contribution in [3.63, 3.8) is 0 Å². The minimum absolute atomic E-state index is 0.145. The van der Waals surface area contributed by atoms with Crippen molar-refractivity contribution < 1.29 is 39.8 Å². The highest BCUT2D eigenvalue weighted by Crippen LogP contribution is 2.23. The second-order valence-electron chi connectivity index (χ2n) is 14.8. The van der Waals surface area contributed by atoms with Crippen LogP contribution in [-0.2, 0) is 14.3 Å². The molecule has 7 atom stereocenters. The van der Waals surface area contributed by atoms with E-state index in [0.717, 1.165) is 77.0 Å². The lowest BCUT2D eigenvalue weighted by atomic mass is 9.99. The summed E-state index contributed by atoms with van der Waals surface area (Å²) in [5.41, 5.74) is 0. The van der Waals surface area contributed by atoms with Crippen LogP contribution in [0.5, 0.6) is 0 Å². The van der Waals surface area contributed by atoms with Crippen LogP contribution in [0.3, 0.4) is 0 Å². The molecule has 54 heavy (non-hydrogen) atoms. The van der Waals surface area contributed by atoms with Crippen molar-refractivity contribution in [1.29, 1.82) is 0 Å². The third kappa shape index (κ3) is 25.9. The molecule has 1 aliphatic heterocycles. The molecule has 0 radical (unpaired) electrons. The maximum absolute atomic E-state index is 12.8. The summed E-state index contributed by atoms with van der Waals surface area (Å²) in [6.45, 7) is 3.57. The lowest BCUT2D eigenvalue weighted by Crippen LogP contribution is -2.60. The molecule has 1 fully saturated rings. The molecule has 312 valence electrons. The molecule has 0 aromatic heterocycles. The van der Waals surface area contributed by atoms with Crippen LogP contribution < -0.4 is 5.32 Å². The number of nitrogens with one attached hydrogen (secondary N) is 1. The first kappa shape index (κ1) is 49.9. The van der Waals surface area contributed by atoms with E-state index >= 15 is 0 Å². The van der Waals surface area contributed by atoms with Crippen molar-refractivity contribution in [2.75, 3.05) is 13.2 Å². The normalized spacial score (nSPS) is 22.1. The first-order valence-corrected chi connectivity index (χ1v) is 21.5. The maximum atomic E-state index is 12.8. The molecule has 7 unspecified atom stereocenters. The van der Waals surface area contributed by atoms with Gasteiger partial charge in [0.1, 0.15) is 24.4 Å². The summed E-state index contributed by atoms with van der Waals surface area (Å²) < 4.78 is 11.1. The number of ether oxygens (including phenoxy) is 2. The van der Waals surface area contributed by atoms with Crippen molar-refractivity contribution in [3.05, 3.63) is 60.8 Å². The van der Waals surface area contributed by atoms with Gasteiger partial charge in [0, 0.05) is 6.42 Å². The third-order valence-corrected chi connectivity index (χ3v) is 9.89. The van der Waals surface area contributed by atoms with E-state index < -0.39 is 49.5 Å². The Bertz CT molecular complexity index is 1030. The molecule has 1 heterocycles. The first-order valence-electron chi connectivity index (χ1n) is 21.5. The van der Waals surface area contributed by atoms with Crippen LogP contribution in [0.1, 0.15) is 162 Å². The van der Waals surface area contributed by atoms with Crippen LogP contribution in [0.25, 0.3) is 0 Å². The third-order valence-electron chi connectivity index (χ3n) is 9.89.